The van der Waals surface area contributed by atoms with Gasteiger partial charge in [0.15, 0.2) is 6.10 Å². The summed E-state index contributed by atoms with van der Waals surface area (Å²) >= 11 is 0. The predicted molar refractivity (Wildman–Crippen MR) is 57.2 cm³/mol. The first kappa shape index (κ1) is 10.1. The molecule has 0 heterocycles. The number of esters is 1. The molecule has 0 aliphatic rings. The van der Waals surface area contributed by atoms with Crippen LogP contribution in [0.25, 0.3) is 0 Å². The number of carboxylic acid groups (broad SMARTS) is 1. The van der Waals surface area contributed by atoms with Crippen molar-refractivity contribution in [2.45, 2.75) is 26.3 Å². The van der Waals surface area contributed by atoms with Gasteiger partial charge < -0.3 is 19.1 Å². The van der Waals surface area contributed by atoms with Crippen molar-refractivity contribution in [2.75, 3.05) is 27.7 Å². The Labute approximate surface area is 101 Å². The Kier molecular flexibility index (Phi) is 3.68. The van der Waals surface area contributed by atoms with E-state index in [-0.39, 0.29) is 6.54 Å². The highest BCUT2D eigenvalue weighted by atomic mass is 16.5. The highest BCUT2D eigenvalue weighted by molar-refractivity contribution is 5.72. The van der Waals surface area contributed by atoms with E-state index in [0.29, 0.717) is 4.48 Å². The third-order valence-electron chi connectivity index (χ3n) is 1.78. The number of likely N-dealkylation sites (N-methyl/N-ethyl adjacent to an activating group) is 1. The SMILES string of the molecule is [2H]C([2H])([2H])C(C)C(=O)O[C@H](CC(=O)[O-])C[N+](C)(C)C. The zero-order valence-electron chi connectivity index (χ0n) is 13.1. The molecule has 0 aromatic rings. The smallest absolute Gasteiger partial charge is 0.308 e. The van der Waals surface area contributed by atoms with Crippen LogP contribution in [0.5, 0.6) is 0 Å². The molecule has 0 rings (SSSR count). The summed E-state index contributed by atoms with van der Waals surface area (Å²) in [5.41, 5.74) is 0. The Morgan fingerprint density at radius 3 is 2.38 bits per heavy atom. The number of rotatable bonds is 6. The van der Waals surface area contributed by atoms with E-state index in [0.717, 1.165) is 0 Å². The van der Waals surface area contributed by atoms with Crippen molar-refractivity contribution >= 4 is 11.9 Å². The predicted octanol–water partition coefficient (Wildman–Crippen LogP) is -0.600. The monoisotopic (exact) mass is 234 g/mol. The van der Waals surface area contributed by atoms with Gasteiger partial charge in [0, 0.05) is 16.5 Å². The van der Waals surface area contributed by atoms with Crippen LogP contribution in [0, 0.1) is 5.92 Å². The van der Waals surface area contributed by atoms with Crippen LogP contribution >= 0.6 is 0 Å². The van der Waals surface area contributed by atoms with Crippen molar-refractivity contribution in [3.63, 3.8) is 0 Å². The highest BCUT2D eigenvalue weighted by Gasteiger charge is 2.23. The average Bonchev–Trinajstić information content (AvgIpc) is 2.10. The maximum absolute atomic E-state index is 11.7. The zero-order chi connectivity index (χ0) is 15.4. The minimum absolute atomic E-state index is 0.257. The lowest BCUT2D eigenvalue weighted by Crippen LogP contribution is -2.45. The first-order valence-corrected chi connectivity index (χ1v) is 5.03. The maximum Gasteiger partial charge on any atom is 0.308 e. The normalized spacial score (nSPS) is 18.9. The van der Waals surface area contributed by atoms with Crippen LogP contribution in [0.15, 0.2) is 0 Å². The Morgan fingerprint density at radius 2 is 2.00 bits per heavy atom. The molecule has 1 unspecified atom stereocenters. The summed E-state index contributed by atoms with van der Waals surface area (Å²) in [6, 6.07) is 0. The third-order valence-corrected chi connectivity index (χ3v) is 1.78. The van der Waals surface area contributed by atoms with Crippen LogP contribution in [0.2, 0.25) is 0 Å². The van der Waals surface area contributed by atoms with Crippen LogP contribution < -0.4 is 5.11 Å². The van der Waals surface area contributed by atoms with E-state index in [4.69, 9.17) is 8.85 Å². The summed E-state index contributed by atoms with van der Waals surface area (Å²) in [4.78, 5) is 22.3. The molecule has 2 atom stereocenters. The molecular weight excluding hydrogens is 210 g/mol. The van der Waals surface area contributed by atoms with Crippen molar-refractivity contribution in [1.29, 1.82) is 0 Å². The fraction of sp³-hybridized carbons (Fsp3) is 0.818. The maximum atomic E-state index is 11.7. The zero-order valence-corrected chi connectivity index (χ0v) is 10.1. The molecule has 0 saturated heterocycles. The Bertz CT molecular complexity index is 336. The van der Waals surface area contributed by atoms with Crippen LogP contribution in [-0.2, 0) is 14.3 Å². The van der Waals surface area contributed by atoms with Crippen LogP contribution in [-0.4, -0.2) is 50.2 Å². The van der Waals surface area contributed by atoms with Gasteiger partial charge in [0.25, 0.3) is 0 Å². The molecule has 0 fully saturated rings. The first-order chi connectivity index (χ1) is 8.33. The van der Waals surface area contributed by atoms with E-state index in [1.54, 1.807) is 0 Å². The first-order valence-electron chi connectivity index (χ1n) is 6.53. The second-order valence-electron chi connectivity index (χ2n) is 4.83. The van der Waals surface area contributed by atoms with E-state index >= 15 is 0 Å². The summed E-state index contributed by atoms with van der Waals surface area (Å²) in [5.74, 6) is -3.54. The second kappa shape index (κ2) is 5.84. The molecule has 5 heteroatoms. The number of carboxylic acids is 1. The van der Waals surface area contributed by atoms with Crippen LogP contribution in [0.1, 0.15) is 24.3 Å². The number of nitrogens with zero attached hydrogens (tertiary/aromatic N) is 1. The fourth-order valence-corrected chi connectivity index (χ4v) is 1.21. The topological polar surface area (TPSA) is 66.4 Å². The van der Waals surface area contributed by atoms with E-state index in [2.05, 4.69) is 0 Å². The van der Waals surface area contributed by atoms with E-state index in [9.17, 15) is 14.7 Å². The van der Waals surface area contributed by atoms with Gasteiger partial charge in [0.1, 0.15) is 6.54 Å². The molecular formula is C11H21NO4. The quantitative estimate of drug-likeness (QED) is 0.455. The van der Waals surface area contributed by atoms with Crippen LogP contribution in [0.3, 0.4) is 0 Å². The Hall–Kier alpha value is -1.10. The minimum atomic E-state index is -2.46. The lowest BCUT2D eigenvalue weighted by atomic mass is 10.2. The van der Waals surface area contributed by atoms with Gasteiger partial charge in [-0.25, -0.2) is 0 Å². The number of quaternary nitrogens is 1. The van der Waals surface area contributed by atoms with Gasteiger partial charge in [-0.1, -0.05) is 13.8 Å². The molecule has 0 aliphatic carbocycles. The number of ether oxygens (including phenoxy) is 1. The number of carbonyl (C=O) groups is 2. The third kappa shape index (κ3) is 7.23. The fourth-order valence-electron chi connectivity index (χ4n) is 1.21. The minimum Gasteiger partial charge on any atom is -0.550 e. The molecule has 0 amide bonds. The van der Waals surface area contributed by atoms with Crippen molar-refractivity contribution < 1.29 is 28.0 Å². The Balaban J connectivity index is 4.73. The van der Waals surface area contributed by atoms with E-state index in [1.165, 1.54) is 6.92 Å². The van der Waals surface area contributed by atoms with Gasteiger partial charge in [-0.15, -0.1) is 0 Å². The number of carbonyl (C=O) groups excluding carboxylic acids is 2. The van der Waals surface area contributed by atoms with Gasteiger partial charge in [-0.05, 0) is 0 Å². The molecule has 0 saturated carbocycles. The van der Waals surface area contributed by atoms with Gasteiger partial charge in [-0.3, -0.25) is 4.79 Å². The molecule has 16 heavy (non-hydrogen) atoms. The van der Waals surface area contributed by atoms with Crippen LogP contribution in [0.4, 0.5) is 0 Å². The number of hydrogen-bond donors (Lipinski definition) is 0. The van der Waals surface area contributed by atoms with Gasteiger partial charge in [0.05, 0.1) is 27.1 Å². The molecule has 0 N–H and O–H groups in total. The lowest BCUT2D eigenvalue weighted by Gasteiger charge is -2.29. The van der Waals surface area contributed by atoms with Crippen molar-refractivity contribution in [3.8, 4) is 0 Å². The van der Waals surface area contributed by atoms with Crippen molar-refractivity contribution in [2.24, 2.45) is 5.92 Å². The second-order valence-corrected chi connectivity index (χ2v) is 4.83. The van der Waals surface area contributed by atoms with Gasteiger partial charge in [0.2, 0.25) is 0 Å². The summed E-state index contributed by atoms with van der Waals surface area (Å²) in [7, 11) is 5.43. The van der Waals surface area contributed by atoms with E-state index < -0.39 is 37.2 Å². The molecule has 0 aromatic heterocycles. The molecule has 5 nitrogen and oxygen atoms in total. The average molecular weight is 234 g/mol. The molecule has 0 spiro atoms. The largest absolute Gasteiger partial charge is 0.550 e. The standard InChI is InChI=1S/C11H21NO4/c1-8(2)11(15)16-9(6-10(13)14)7-12(3,4)5/h8-9H,6-7H2,1-5H3/t9-/m1/s1/i1D3/t8?,9-. The van der Waals surface area contributed by atoms with Crippen molar-refractivity contribution in [1.82, 2.24) is 0 Å². The van der Waals surface area contributed by atoms with Crippen molar-refractivity contribution in [3.05, 3.63) is 0 Å². The number of hydrogen-bond acceptors (Lipinski definition) is 4. The summed E-state index contributed by atoms with van der Waals surface area (Å²) in [5, 5.41) is 10.6. The summed E-state index contributed by atoms with van der Waals surface area (Å²) in [6.45, 7) is -0.968. The number of aliphatic carboxylic acids is 1. The summed E-state index contributed by atoms with van der Waals surface area (Å²) in [6.07, 6.45) is -1.35. The molecule has 0 radical (unpaired) electrons. The molecule has 94 valence electrons. The molecule has 0 aromatic carbocycles. The van der Waals surface area contributed by atoms with Gasteiger partial charge in [-0.2, -0.15) is 0 Å². The van der Waals surface area contributed by atoms with Gasteiger partial charge >= 0.3 is 5.97 Å². The Morgan fingerprint density at radius 1 is 1.44 bits per heavy atom. The molecule has 0 aliphatic heterocycles. The summed E-state index contributed by atoms with van der Waals surface area (Å²) < 4.78 is 26.8. The lowest BCUT2D eigenvalue weighted by molar-refractivity contribution is -0.873. The highest BCUT2D eigenvalue weighted by Crippen LogP contribution is 2.07. The van der Waals surface area contributed by atoms with E-state index in [1.807, 2.05) is 21.1 Å². The molecule has 0 bridgehead atoms.